The molecular formula is C10H11BrFNO. The predicted molar refractivity (Wildman–Crippen MR) is 55.7 cm³/mol. The van der Waals surface area contributed by atoms with E-state index in [1.54, 1.807) is 6.07 Å². The molecule has 0 heterocycles. The second-order valence-electron chi connectivity index (χ2n) is 3.77. The molecule has 0 bridgehead atoms. The lowest BCUT2D eigenvalue weighted by molar-refractivity contribution is 0.462. The monoisotopic (exact) mass is 259 g/mol. The summed E-state index contributed by atoms with van der Waals surface area (Å²) in [7, 11) is 0. The summed E-state index contributed by atoms with van der Waals surface area (Å²) >= 11 is 3.17. The molecule has 14 heavy (non-hydrogen) atoms. The summed E-state index contributed by atoms with van der Waals surface area (Å²) in [6, 6.07) is 2.76. The second-order valence-corrected chi connectivity index (χ2v) is 4.62. The number of phenols is 1. The molecule has 1 aromatic carbocycles. The van der Waals surface area contributed by atoms with Crippen molar-refractivity contribution in [2.24, 2.45) is 5.73 Å². The van der Waals surface area contributed by atoms with E-state index in [4.69, 9.17) is 5.73 Å². The highest BCUT2D eigenvalue weighted by atomic mass is 79.9. The first-order valence-electron chi connectivity index (χ1n) is 4.48. The second kappa shape index (κ2) is 3.21. The Bertz CT molecular complexity index is 377. The van der Waals surface area contributed by atoms with Gasteiger partial charge in [-0.2, -0.15) is 0 Å². The molecule has 1 aromatic rings. The quantitative estimate of drug-likeness (QED) is 0.856. The number of benzene rings is 1. The Labute approximate surface area is 90.1 Å². The summed E-state index contributed by atoms with van der Waals surface area (Å²) in [6.45, 7) is 0.459. The average Bonchev–Trinajstić information content (AvgIpc) is 2.92. The van der Waals surface area contributed by atoms with Crippen LogP contribution in [0.2, 0.25) is 0 Å². The Hall–Kier alpha value is -0.610. The van der Waals surface area contributed by atoms with Crippen molar-refractivity contribution in [1.82, 2.24) is 0 Å². The average molecular weight is 260 g/mol. The summed E-state index contributed by atoms with van der Waals surface area (Å²) in [4.78, 5) is 0. The number of hydrogen-bond acceptors (Lipinski definition) is 2. The molecule has 1 aliphatic carbocycles. The van der Waals surface area contributed by atoms with Crippen molar-refractivity contribution in [2.45, 2.75) is 18.3 Å². The summed E-state index contributed by atoms with van der Waals surface area (Å²) < 4.78 is 14.0. The van der Waals surface area contributed by atoms with Crippen LogP contribution in [-0.4, -0.2) is 11.7 Å². The van der Waals surface area contributed by atoms with Gasteiger partial charge < -0.3 is 10.8 Å². The van der Waals surface area contributed by atoms with E-state index in [0.717, 1.165) is 18.9 Å². The fourth-order valence-corrected chi connectivity index (χ4v) is 2.02. The fraction of sp³-hybridized carbons (Fsp3) is 0.400. The SMILES string of the molecule is NCC1(c2cc(Br)c(O)cc2F)CC1. The Balaban J connectivity index is 2.49. The Morgan fingerprint density at radius 3 is 2.64 bits per heavy atom. The zero-order valence-electron chi connectivity index (χ0n) is 7.56. The number of halogens is 2. The van der Waals surface area contributed by atoms with Gasteiger partial charge in [-0.1, -0.05) is 0 Å². The lowest BCUT2D eigenvalue weighted by Crippen LogP contribution is -2.21. The smallest absolute Gasteiger partial charge is 0.132 e. The fourth-order valence-electron chi connectivity index (χ4n) is 1.68. The molecular weight excluding hydrogens is 249 g/mol. The maximum Gasteiger partial charge on any atom is 0.132 e. The third-order valence-electron chi connectivity index (χ3n) is 2.85. The Morgan fingerprint density at radius 1 is 1.50 bits per heavy atom. The van der Waals surface area contributed by atoms with Crippen molar-refractivity contribution in [3.8, 4) is 5.75 Å². The van der Waals surface area contributed by atoms with Gasteiger partial charge in [0.2, 0.25) is 0 Å². The number of nitrogens with two attached hydrogens (primary N) is 1. The van der Waals surface area contributed by atoms with E-state index in [1.165, 1.54) is 0 Å². The van der Waals surface area contributed by atoms with E-state index >= 15 is 0 Å². The molecule has 4 heteroatoms. The molecule has 3 N–H and O–H groups in total. The van der Waals surface area contributed by atoms with Crippen LogP contribution in [0.15, 0.2) is 16.6 Å². The van der Waals surface area contributed by atoms with Gasteiger partial charge in [-0.05, 0) is 40.4 Å². The summed E-state index contributed by atoms with van der Waals surface area (Å²) in [5, 5.41) is 9.27. The molecule has 2 rings (SSSR count). The van der Waals surface area contributed by atoms with Crippen LogP contribution in [0.4, 0.5) is 4.39 Å². The molecule has 1 saturated carbocycles. The Kier molecular flexibility index (Phi) is 2.27. The topological polar surface area (TPSA) is 46.2 Å². The minimum Gasteiger partial charge on any atom is -0.507 e. The minimum atomic E-state index is -0.367. The summed E-state index contributed by atoms with van der Waals surface area (Å²) in [5.74, 6) is -0.437. The molecule has 0 unspecified atom stereocenters. The normalized spacial score (nSPS) is 18.2. The van der Waals surface area contributed by atoms with Crippen molar-refractivity contribution in [2.75, 3.05) is 6.54 Å². The summed E-state index contributed by atoms with van der Waals surface area (Å²) in [5.41, 5.74) is 6.05. The molecule has 0 atom stereocenters. The Morgan fingerprint density at radius 2 is 2.14 bits per heavy atom. The van der Waals surface area contributed by atoms with Crippen molar-refractivity contribution in [1.29, 1.82) is 0 Å². The molecule has 1 fully saturated rings. The highest BCUT2D eigenvalue weighted by Gasteiger charge is 2.44. The van der Waals surface area contributed by atoms with Crippen LogP contribution in [0, 0.1) is 5.82 Å². The van der Waals surface area contributed by atoms with Gasteiger partial charge in [-0.15, -0.1) is 0 Å². The van der Waals surface area contributed by atoms with E-state index < -0.39 is 0 Å². The van der Waals surface area contributed by atoms with Crippen LogP contribution in [0.1, 0.15) is 18.4 Å². The maximum atomic E-state index is 13.5. The van der Waals surface area contributed by atoms with E-state index in [1.807, 2.05) is 0 Å². The molecule has 0 radical (unpaired) electrons. The van der Waals surface area contributed by atoms with Crippen molar-refractivity contribution in [3.63, 3.8) is 0 Å². The number of hydrogen-bond donors (Lipinski definition) is 2. The lowest BCUT2D eigenvalue weighted by atomic mass is 9.95. The van der Waals surface area contributed by atoms with Gasteiger partial charge >= 0.3 is 0 Å². The number of rotatable bonds is 2. The molecule has 0 aromatic heterocycles. The highest BCUT2D eigenvalue weighted by molar-refractivity contribution is 9.10. The molecule has 0 aliphatic heterocycles. The van der Waals surface area contributed by atoms with Crippen LogP contribution in [0.3, 0.4) is 0 Å². The number of aromatic hydroxyl groups is 1. The van der Waals surface area contributed by atoms with Crippen molar-refractivity contribution in [3.05, 3.63) is 28.0 Å². The van der Waals surface area contributed by atoms with Crippen LogP contribution >= 0.6 is 15.9 Å². The van der Waals surface area contributed by atoms with Crippen molar-refractivity contribution < 1.29 is 9.50 Å². The zero-order chi connectivity index (χ0) is 10.3. The van der Waals surface area contributed by atoms with Gasteiger partial charge in [0, 0.05) is 18.0 Å². The predicted octanol–water partition coefficient (Wildman–Crippen LogP) is 2.28. The van der Waals surface area contributed by atoms with Gasteiger partial charge in [0.1, 0.15) is 11.6 Å². The van der Waals surface area contributed by atoms with Gasteiger partial charge in [0.25, 0.3) is 0 Å². The van der Waals surface area contributed by atoms with Crippen molar-refractivity contribution >= 4 is 15.9 Å². The van der Waals surface area contributed by atoms with E-state index in [2.05, 4.69) is 15.9 Å². The van der Waals surface area contributed by atoms with Gasteiger partial charge in [0.05, 0.1) is 4.47 Å². The van der Waals surface area contributed by atoms with Gasteiger partial charge in [-0.25, -0.2) is 4.39 Å². The largest absolute Gasteiger partial charge is 0.507 e. The molecule has 76 valence electrons. The van der Waals surface area contributed by atoms with Crippen LogP contribution in [0.25, 0.3) is 0 Å². The third kappa shape index (κ3) is 1.42. The van der Waals surface area contributed by atoms with Crippen LogP contribution in [0.5, 0.6) is 5.75 Å². The molecule has 0 spiro atoms. The maximum absolute atomic E-state index is 13.5. The van der Waals surface area contributed by atoms with Crippen LogP contribution in [-0.2, 0) is 5.41 Å². The molecule has 2 nitrogen and oxygen atoms in total. The molecule has 1 aliphatic rings. The van der Waals surface area contributed by atoms with E-state index in [9.17, 15) is 9.50 Å². The zero-order valence-corrected chi connectivity index (χ0v) is 9.14. The first-order chi connectivity index (χ1) is 6.59. The van der Waals surface area contributed by atoms with Gasteiger partial charge in [-0.3, -0.25) is 0 Å². The molecule has 0 amide bonds. The first-order valence-corrected chi connectivity index (χ1v) is 5.27. The first kappa shape index (κ1) is 9.93. The third-order valence-corrected chi connectivity index (χ3v) is 3.49. The summed E-state index contributed by atoms with van der Waals surface area (Å²) in [6.07, 6.45) is 1.86. The highest BCUT2D eigenvalue weighted by Crippen LogP contribution is 2.49. The van der Waals surface area contributed by atoms with Crippen LogP contribution < -0.4 is 5.73 Å². The number of phenolic OH excluding ortho intramolecular Hbond substituents is 1. The van der Waals surface area contributed by atoms with E-state index in [0.29, 0.717) is 16.6 Å². The molecule has 0 saturated heterocycles. The minimum absolute atomic E-state index is 0.0703. The lowest BCUT2D eigenvalue weighted by Gasteiger charge is -2.14. The standard InChI is InChI=1S/C10H11BrFNO/c11-7-3-6(8(12)4-9(7)14)10(5-13)1-2-10/h3-4,14H,1-2,5,13H2. The van der Waals surface area contributed by atoms with E-state index in [-0.39, 0.29) is 17.0 Å². The van der Waals surface area contributed by atoms with Gasteiger partial charge in [0.15, 0.2) is 0 Å².